The fourth-order valence-corrected chi connectivity index (χ4v) is 4.63. The van der Waals surface area contributed by atoms with Crippen LogP contribution in [0.25, 0.3) is 0 Å². The average molecular weight is 287 g/mol. The van der Waals surface area contributed by atoms with Gasteiger partial charge < -0.3 is 10.1 Å². The SMILES string of the molecule is CC1CC2CC(C)C(OCCNc3ccccc3)C(C1)C2. The standard InChI is InChI=1S/C19H29NO/c1-14-10-16-12-15(2)19(17(11-14)13-16)21-9-8-20-18-6-4-3-5-7-18/h3-7,14-17,19-20H,8-13H2,1-2H3. The summed E-state index contributed by atoms with van der Waals surface area (Å²) in [6.45, 7) is 6.53. The molecule has 1 N–H and O–H groups in total. The van der Waals surface area contributed by atoms with Gasteiger partial charge in [-0.15, -0.1) is 0 Å². The van der Waals surface area contributed by atoms with E-state index in [9.17, 15) is 0 Å². The van der Waals surface area contributed by atoms with E-state index in [1.54, 1.807) is 0 Å². The van der Waals surface area contributed by atoms with Gasteiger partial charge in [-0.05, 0) is 61.5 Å². The van der Waals surface area contributed by atoms with E-state index in [0.717, 1.165) is 36.8 Å². The fraction of sp³-hybridized carbons (Fsp3) is 0.684. The minimum absolute atomic E-state index is 0.488. The van der Waals surface area contributed by atoms with Crippen LogP contribution in [0.15, 0.2) is 30.3 Å². The Morgan fingerprint density at radius 3 is 2.67 bits per heavy atom. The van der Waals surface area contributed by atoms with Gasteiger partial charge in [-0.3, -0.25) is 0 Å². The predicted molar refractivity (Wildman–Crippen MR) is 88.4 cm³/mol. The summed E-state index contributed by atoms with van der Waals surface area (Å²) in [5.74, 6) is 3.41. The molecule has 2 bridgehead atoms. The molecule has 1 aromatic carbocycles. The summed E-state index contributed by atoms with van der Waals surface area (Å²) < 4.78 is 6.29. The van der Waals surface area contributed by atoms with Gasteiger partial charge in [-0.1, -0.05) is 32.0 Å². The van der Waals surface area contributed by atoms with Crippen molar-refractivity contribution in [3.8, 4) is 0 Å². The van der Waals surface area contributed by atoms with Gasteiger partial charge in [0, 0.05) is 12.2 Å². The molecule has 2 heteroatoms. The zero-order chi connectivity index (χ0) is 14.7. The number of anilines is 1. The number of hydrogen-bond donors (Lipinski definition) is 1. The Labute approximate surface area is 129 Å². The molecule has 1 aromatic rings. The smallest absolute Gasteiger partial charge is 0.0643 e. The van der Waals surface area contributed by atoms with E-state index in [1.165, 1.54) is 31.4 Å². The first-order valence-electron chi connectivity index (χ1n) is 8.63. The fourth-order valence-electron chi connectivity index (χ4n) is 4.63. The van der Waals surface area contributed by atoms with Gasteiger partial charge >= 0.3 is 0 Å². The maximum atomic E-state index is 6.29. The van der Waals surface area contributed by atoms with Crippen LogP contribution < -0.4 is 5.32 Å². The number of hydrogen-bond acceptors (Lipinski definition) is 2. The highest BCUT2D eigenvalue weighted by atomic mass is 16.5. The molecule has 2 aliphatic carbocycles. The van der Waals surface area contributed by atoms with Crippen molar-refractivity contribution in [2.24, 2.45) is 23.7 Å². The van der Waals surface area contributed by atoms with Crippen molar-refractivity contribution >= 4 is 5.69 Å². The van der Waals surface area contributed by atoms with Crippen LogP contribution in [-0.2, 0) is 4.74 Å². The normalized spacial score (nSPS) is 35.4. The molecule has 2 saturated carbocycles. The molecule has 0 amide bonds. The van der Waals surface area contributed by atoms with Crippen molar-refractivity contribution < 1.29 is 4.74 Å². The summed E-state index contributed by atoms with van der Waals surface area (Å²) in [7, 11) is 0. The quantitative estimate of drug-likeness (QED) is 0.801. The van der Waals surface area contributed by atoms with E-state index in [2.05, 4.69) is 43.4 Å². The maximum Gasteiger partial charge on any atom is 0.0643 e. The lowest BCUT2D eigenvalue weighted by atomic mass is 9.64. The maximum absolute atomic E-state index is 6.29. The molecule has 0 aromatic heterocycles. The molecule has 2 nitrogen and oxygen atoms in total. The Kier molecular flexibility index (Phi) is 4.84. The third-order valence-corrected chi connectivity index (χ3v) is 5.32. The first kappa shape index (κ1) is 14.9. The lowest BCUT2D eigenvalue weighted by molar-refractivity contribution is -0.0761. The van der Waals surface area contributed by atoms with Crippen molar-refractivity contribution in [1.29, 1.82) is 0 Å². The van der Waals surface area contributed by atoms with Gasteiger partial charge in [0.2, 0.25) is 0 Å². The Bertz CT molecular complexity index is 428. The Morgan fingerprint density at radius 1 is 1.05 bits per heavy atom. The molecule has 0 radical (unpaired) electrons. The second kappa shape index (κ2) is 6.83. The molecular weight excluding hydrogens is 258 g/mol. The second-order valence-electron chi connectivity index (χ2n) is 7.28. The topological polar surface area (TPSA) is 21.3 Å². The third-order valence-electron chi connectivity index (χ3n) is 5.32. The van der Waals surface area contributed by atoms with E-state index >= 15 is 0 Å². The zero-order valence-electron chi connectivity index (χ0n) is 13.4. The summed E-state index contributed by atoms with van der Waals surface area (Å²) in [4.78, 5) is 0. The van der Waals surface area contributed by atoms with Crippen LogP contribution in [0.2, 0.25) is 0 Å². The van der Waals surface area contributed by atoms with E-state index in [0.29, 0.717) is 6.10 Å². The molecule has 0 spiro atoms. The highest BCUT2D eigenvalue weighted by Gasteiger charge is 2.40. The molecule has 0 saturated heterocycles. The number of para-hydroxylation sites is 1. The van der Waals surface area contributed by atoms with Crippen LogP contribution >= 0.6 is 0 Å². The first-order chi connectivity index (χ1) is 10.2. The monoisotopic (exact) mass is 287 g/mol. The van der Waals surface area contributed by atoms with Crippen LogP contribution in [0.4, 0.5) is 5.69 Å². The molecule has 0 aliphatic heterocycles. The number of fused-ring (bicyclic) bond motifs is 2. The molecule has 3 rings (SSSR count). The van der Waals surface area contributed by atoms with Gasteiger partial charge in [0.25, 0.3) is 0 Å². The predicted octanol–water partition coefficient (Wildman–Crippen LogP) is 4.58. The molecular formula is C19H29NO. The van der Waals surface area contributed by atoms with Gasteiger partial charge in [0.1, 0.15) is 0 Å². The van der Waals surface area contributed by atoms with Gasteiger partial charge in [0.05, 0.1) is 12.7 Å². The molecule has 5 atom stereocenters. The Morgan fingerprint density at radius 2 is 1.86 bits per heavy atom. The van der Waals surface area contributed by atoms with E-state index in [4.69, 9.17) is 4.74 Å². The second-order valence-corrected chi connectivity index (χ2v) is 7.28. The molecule has 21 heavy (non-hydrogen) atoms. The van der Waals surface area contributed by atoms with E-state index < -0.39 is 0 Å². The van der Waals surface area contributed by atoms with Crippen LogP contribution in [0.3, 0.4) is 0 Å². The minimum Gasteiger partial charge on any atom is -0.383 e. The van der Waals surface area contributed by atoms with Crippen molar-refractivity contribution in [1.82, 2.24) is 0 Å². The van der Waals surface area contributed by atoms with Crippen molar-refractivity contribution in [2.45, 2.75) is 45.6 Å². The van der Waals surface area contributed by atoms with Crippen LogP contribution in [-0.4, -0.2) is 19.3 Å². The first-order valence-corrected chi connectivity index (χ1v) is 8.63. The van der Waals surface area contributed by atoms with E-state index in [-0.39, 0.29) is 0 Å². The summed E-state index contributed by atoms with van der Waals surface area (Å²) in [6.07, 6.45) is 6.09. The minimum atomic E-state index is 0.488. The number of benzene rings is 1. The number of ether oxygens (including phenoxy) is 1. The Hall–Kier alpha value is -1.02. The van der Waals surface area contributed by atoms with Gasteiger partial charge in [-0.2, -0.15) is 0 Å². The lowest BCUT2D eigenvalue weighted by Gasteiger charge is -2.46. The van der Waals surface area contributed by atoms with Gasteiger partial charge in [0.15, 0.2) is 0 Å². The van der Waals surface area contributed by atoms with Crippen LogP contribution in [0, 0.1) is 23.7 Å². The molecule has 2 fully saturated rings. The zero-order valence-corrected chi connectivity index (χ0v) is 13.4. The van der Waals surface area contributed by atoms with Gasteiger partial charge in [-0.25, -0.2) is 0 Å². The Balaban J connectivity index is 1.46. The largest absolute Gasteiger partial charge is 0.383 e. The van der Waals surface area contributed by atoms with Crippen molar-refractivity contribution in [3.05, 3.63) is 30.3 Å². The average Bonchev–Trinajstić information content (AvgIpc) is 2.46. The van der Waals surface area contributed by atoms with Crippen LogP contribution in [0.5, 0.6) is 0 Å². The molecule has 2 aliphatic rings. The van der Waals surface area contributed by atoms with E-state index in [1.807, 2.05) is 6.07 Å². The highest BCUT2D eigenvalue weighted by molar-refractivity contribution is 5.42. The number of rotatable bonds is 5. The lowest BCUT2D eigenvalue weighted by Crippen LogP contribution is -2.42. The molecule has 116 valence electrons. The van der Waals surface area contributed by atoms with Crippen molar-refractivity contribution in [2.75, 3.05) is 18.5 Å². The van der Waals surface area contributed by atoms with Crippen LogP contribution in [0.1, 0.15) is 39.5 Å². The highest BCUT2D eigenvalue weighted by Crippen LogP contribution is 2.45. The third kappa shape index (κ3) is 3.79. The molecule has 0 heterocycles. The van der Waals surface area contributed by atoms with Crippen molar-refractivity contribution in [3.63, 3.8) is 0 Å². The molecule has 5 unspecified atom stereocenters. The summed E-state index contributed by atoms with van der Waals surface area (Å²) in [5, 5.41) is 3.44. The summed E-state index contributed by atoms with van der Waals surface area (Å²) in [6, 6.07) is 10.4. The summed E-state index contributed by atoms with van der Waals surface area (Å²) in [5.41, 5.74) is 1.18. The number of nitrogens with one attached hydrogen (secondary N) is 1. The summed E-state index contributed by atoms with van der Waals surface area (Å²) >= 11 is 0.